The number of morpholine rings is 1. The molecule has 0 aliphatic carbocycles. The first-order valence-corrected chi connectivity index (χ1v) is 11.9. The Kier molecular flexibility index (Phi) is 5.74. The molecule has 0 bridgehead atoms. The van der Waals surface area contributed by atoms with Gasteiger partial charge in [0.2, 0.25) is 0 Å². The summed E-state index contributed by atoms with van der Waals surface area (Å²) in [5, 5.41) is 3.50. The standard InChI is InChI=1S/C21H28N4O3S/c1-15(2)21(17-6-5-16-4-3-11-29(26,27)18(16)12-17)24-19-13-20(23-14-22-19)25-7-9-28-10-8-25/h5-6,12-15,21H,3-4,7-11H2,1-2H3,(H,22,23,24)/t21-/m0/s1. The molecule has 0 saturated carbocycles. The minimum Gasteiger partial charge on any atom is -0.378 e. The summed E-state index contributed by atoms with van der Waals surface area (Å²) in [6.07, 6.45) is 3.09. The molecule has 3 heterocycles. The van der Waals surface area contributed by atoms with Gasteiger partial charge in [0, 0.05) is 19.2 Å². The van der Waals surface area contributed by atoms with Crippen LogP contribution in [0.5, 0.6) is 0 Å². The van der Waals surface area contributed by atoms with Gasteiger partial charge in [0.05, 0.1) is 29.9 Å². The van der Waals surface area contributed by atoms with Gasteiger partial charge in [0.1, 0.15) is 18.0 Å². The summed E-state index contributed by atoms with van der Waals surface area (Å²) in [7, 11) is -3.19. The molecule has 0 amide bonds. The van der Waals surface area contributed by atoms with E-state index in [0.717, 1.165) is 42.3 Å². The Morgan fingerprint density at radius 2 is 1.93 bits per heavy atom. The van der Waals surface area contributed by atoms with E-state index in [1.165, 1.54) is 0 Å². The van der Waals surface area contributed by atoms with E-state index in [4.69, 9.17) is 4.74 Å². The molecule has 2 aliphatic heterocycles. The maximum atomic E-state index is 12.5. The summed E-state index contributed by atoms with van der Waals surface area (Å²) in [5.41, 5.74) is 1.90. The number of aromatic nitrogens is 2. The molecule has 1 atom stereocenters. The van der Waals surface area contributed by atoms with E-state index in [1.54, 1.807) is 6.33 Å². The van der Waals surface area contributed by atoms with Crippen molar-refractivity contribution in [1.82, 2.24) is 9.97 Å². The van der Waals surface area contributed by atoms with Gasteiger partial charge < -0.3 is 15.0 Å². The average Bonchev–Trinajstić information content (AvgIpc) is 2.72. The van der Waals surface area contributed by atoms with E-state index in [2.05, 4.69) is 34.0 Å². The SMILES string of the molecule is CC(C)[C@H](Nc1cc(N2CCOCC2)ncn1)c1ccc2c(c1)S(=O)(=O)CCC2. The molecular weight excluding hydrogens is 388 g/mol. The second-order valence-corrected chi connectivity index (χ2v) is 10.1. The molecule has 4 rings (SSSR count). The van der Waals surface area contributed by atoms with Crippen molar-refractivity contribution in [3.05, 3.63) is 41.7 Å². The van der Waals surface area contributed by atoms with Gasteiger partial charge in [0.25, 0.3) is 0 Å². The van der Waals surface area contributed by atoms with Gasteiger partial charge in [-0.3, -0.25) is 0 Å². The summed E-state index contributed by atoms with van der Waals surface area (Å²) in [6, 6.07) is 7.77. The first-order chi connectivity index (χ1) is 13.9. The van der Waals surface area contributed by atoms with Crippen LogP contribution in [0.25, 0.3) is 0 Å². The minimum absolute atomic E-state index is 0.0511. The van der Waals surface area contributed by atoms with Crippen molar-refractivity contribution >= 4 is 21.5 Å². The van der Waals surface area contributed by atoms with E-state index in [1.807, 2.05) is 24.3 Å². The summed E-state index contributed by atoms with van der Waals surface area (Å²) in [4.78, 5) is 11.5. The molecule has 1 aromatic heterocycles. The highest BCUT2D eigenvalue weighted by atomic mass is 32.2. The highest BCUT2D eigenvalue weighted by Gasteiger charge is 2.26. The highest BCUT2D eigenvalue weighted by molar-refractivity contribution is 7.91. The number of nitrogens with one attached hydrogen (secondary N) is 1. The van der Waals surface area contributed by atoms with Gasteiger partial charge in [-0.2, -0.15) is 0 Å². The smallest absolute Gasteiger partial charge is 0.178 e. The molecule has 1 fully saturated rings. The molecule has 156 valence electrons. The minimum atomic E-state index is -3.19. The second-order valence-electron chi connectivity index (χ2n) is 8.02. The third-order valence-electron chi connectivity index (χ3n) is 5.60. The fourth-order valence-corrected chi connectivity index (χ4v) is 5.64. The Labute approximate surface area is 172 Å². The number of nitrogens with zero attached hydrogens (tertiary/aromatic N) is 3. The number of benzene rings is 1. The predicted molar refractivity (Wildman–Crippen MR) is 113 cm³/mol. The van der Waals surface area contributed by atoms with Gasteiger partial charge in [0.15, 0.2) is 9.84 Å². The Morgan fingerprint density at radius 3 is 2.69 bits per heavy atom. The third-order valence-corrected chi connectivity index (χ3v) is 7.48. The maximum Gasteiger partial charge on any atom is 0.178 e. The predicted octanol–water partition coefficient (Wildman–Crippen LogP) is 2.84. The Morgan fingerprint density at radius 1 is 1.14 bits per heavy atom. The molecule has 0 radical (unpaired) electrons. The first-order valence-electron chi connectivity index (χ1n) is 10.2. The number of anilines is 2. The molecule has 8 heteroatoms. The molecule has 0 unspecified atom stereocenters. The molecule has 1 saturated heterocycles. The lowest BCUT2D eigenvalue weighted by atomic mass is 9.94. The van der Waals surface area contributed by atoms with Gasteiger partial charge in [-0.05, 0) is 36.0 Å². The zero-order valence-electron chi connectivity index (χ0n) is 17.0. The van der Waals surface area contributed by atoms with Crippen LogP contribution in [0.4, 0.5) is 11.6 Å². The second kappa shape index (κ2) is 8.28. The number of aryl methyl sites for hydroxylation is 1. The Bertz CT molecular complexity index is 972. The first kappa shape index (κ1) is 20.1. The number of sulfone groups is 1. The largest absolute Gasteiger partial charge is 0.378 e. The van der Waals surface area contributed by atoms with Crippen LogP contribution in [0, 0.1) is 5.92 Å². The van der Waals surface area contributed by atoms with Crippen LogP contribution in [-0.2, 0) is 21.0 Å². The Hall–Kier alpha value is -2.19. The Balaban J connectivity index is 1.61. The van der Waals surface area contributed by atoms with Gasteiger partial charge >= 0.3 is 0 Å². The van der Waals surface area contributed by atoms with E-state index < -0.39 is 9.84 Å². The quantitative estimate of drug-likeness (QED) is 0.802. The zero-order chi connectivity index (χ0) is 20.4. The molecule has 1 aromatic carbocycles. The van der Waals surface area contributed by atoms with Crippen LogP contribution >= 0.6 is 0 Å². The van der Waals surface area contributed by atoms with Crippen molar-refractivity contribution in [1.29, 1.82) is 0 Å². The summed E-state index contributed by atoms with van der Waals surface area (Å²) in [5.74, 6) is 2.10. The molecule has 29 heavy (non-hydrogen) atoms. The number of hydrogen-bond donors (Lipinski definition) is 1. The lowest BCUT2D eigenvalue weighted by Gasteiger charge is -2.29. The molecule has 2 aromatic rings. The fraction of sp³-hybridized carbons (Fsp3) is 0.524. The van der Waals surface area contributed by atoms with E-state index in [9.17, 15) is 8.42 Å². The maximum absolute atomic E-state index is 12.5. The molecular formula is C21H28N4O3S. The van der Waals surface area contributed by atoms with Crippen molar-refractivity contribution < 1.29 is 13.2 Å². The van der Waals surface area contributed by atoms with Crippen LogP contribution < -0.4 is 10.2 Å². The number of rotatable bonds is 5. The normalized spacial score (nSPS) is 19.6. The van der Waals surface area contributed by atoms with E-state index in [-0.39, 0.29) is 17.7 Å². The lowest BCUT2D eigenvalue weighted by molar-refractivity contribution is 0.122. The highest BCUT2D eigenvalue weighted by Crippen LogP contribution is 2.32. The van der Waals surface area contributed by atoms with Crippen LogP contribution in [0.2, 0.25) is 0 Å². The van der Waals surface area contributed by atoms with Crippen molar-refractivity contribution in [2.45, 2.75) is 37.6 Å². The third kappa shape index (κ3) is 4.38. The fourth-order valence-electron chi connectivity index (χ4n) is 4.01. The molecule has 2 aliphatic rings. The van der Waals surface area contributed by atoms with E-state index >= 15 is 0 Å². The zero-order valence-corrected chi connectivity index (χ0v) is 17.8. The average molecular weight is 417 g/mol. The number of ether oxygens (including phenoxy) is 1. The van der Waals surface area contributed by atoms with Crippen LogP contribution in [0.3, 0.4) is 0 Å². The van der Waals surface area contributed by atoms with Crippen molar-refractivity contribution in [3.8, 4) is 0 Å². The summed E-state index contributed by atoms with van der Waals surface area (Å²) in [6.45, 7) is 7.26. The van der Waals surface area contributed by atoms with Crippen molar-refractivity contribution in [3.63, 3.8) is 0 Å². The number of fused-ring (bicyclic) bond motifs is 1. The van der Waals surface area contributed by atoms with Gasteiger partial charge in [-0.1, -0.05) is 26.0 Å². The van der Waals surface area contributed by atoms with Crippen LogP contribution in [-0.4, -0.2) is 50.4 Å². The topological polar surface area (TPSA) is 84.4 Å². The summed E-state index contributed by atoms with van der Waals surface area (Å²) < 4.78 is 30.5. The van der Waals surface area contributed by atoms with Gasteiger partial charge in [-0.25, -0.2) is 18.4 Å². The van der Waals surface area contributed by atoms with E-state index in [0.29, 0.717) is 24.5 Å². The lowest BCUT2D eigenvalue weighted by Crippen LogP contribution is -2.36. The number of hydrogen-bond acceptors (Lipinski definition) is 7. The van der Waals surface area contributed by atoms with Crippen LogP contribution in [0.1, 0.15) is 37.4 Å². The monoisotopic (exact) mass is 416 g/mol. The molecule has 0 spiro atoms. The molecule has 7 nitrogen and oxygen atoms in total. The summed E-state index contributed by atoms with van der Waals surface area (Å²) >= 11 is 0. The van der Waals surface area contributed by atoms with Crippen molar-refractivity contribution in [2.75, 3.05) is 42.3 Å². The van der Waals surface area contributed by atoms with Crippen LogP contribution in [0.15, 0.2) is 35.5 Å². The molecule has 1 N–H and O–H groups in total. The van der Waals surface area contributed by atoms with Crippen molar-refractivity contribution in [2.24, 2.45) is 5.92 Å². The van der Waals surface area contributed by atoms with Gasteiger partial charge in [-0.15, -0.1) is 0 Å².